The molecule has 3 saturated heterocycles. The van der Waals surface area contributed by atoms with Crippen LogP contribution < -0.4 is 24.4 Å². The minimum absolute atomic E-state index is 0.000271. The fraction of sp³-hybridized carbons (Fsp3) is 0.457. The Bertz CT molecular complexity index is 2750. The molecule has 1 saturated carbocycles. The monoisotopic (exact) mass is 928 g/mol. The van der Waals surface area contributed by atoms with Crippen LogP contribution in [0.2, 0.25) is 0 Å². The molecule has 0 bridgehead atoms. The van der Waals surface area contributed by atoms with Crippen molar-refractivity contribution in [2.45, 2.75) is 67.7 Å². The number of aromatic amines is 1. The number of likely N-dealkylation sites (tertiary alicyclic amines) is 1. The molecule has 2 aromatic carbocycles. The average Bonchev–Trinajstić information content (AvgIpc) is 3.98. The lowest BCUT2D eigenvalue weighted by Crippen LogP contribution is -2.55. The summed E-state index contributed by atoms with van der Waals surface area (Å²) in [5, 5.41) is 7.17. The van der Waals surface area contributed by atoms with Gasteiger partial charge in [0.1, 0.15) is 35.1 Å². The number of nitrogens with zero attached hydrogens (tertiary/aromatic N) is 7. The minimum Gasteiger partial charge on any atom is -0.489 e. The predicted molar refractivity (Wildman–Crippen MR) is 241 cm³/mol. The molecule has 348 valence electrons. The lowest BCUT2D eigenvalue weighted by molar-refractivity contribution is -0.139. The number of nitrogens with one attached hydrogen (secondary N) is 3. The number of halogens is 3. The van der Waals surface area contributed by atoms with E-state index in [-0.39, 0.29) is 58.7 Å². The smallest absolute Gasteiger partial charge is 0.416 e. The van der Waals surface area contributed by atoms with Gasteiger partial charge in [-0.1, -0.05) is 18.2 Å². The summed E-state index contributed by atoms with van der Waals surface area (Å²) >= 11 is 0. The summed E-state index contributed by atoms with van der Waals surface area (Å²) < 4.78 is 84.1. The number of nitroso groups, excluding NO2 is 1. The summed E-state index contributed by atoms with van der Waals surface area (Å²) in [5.41, 5.74) is 0.998. The van der Waals surface area contributed by atoms with Gasteiger partial charge >= 0.3 is 6.18 Å². The van der Waals surface area contributed by atoms with E-state index in [9.17, 15) is 31.3 Å². The fourth-order valence-electron chi connectivity index (χ4n) is 10.6. The Hall–Kier alpha value is -5.83. The number of aromatic nitrogens is 3. The second-order valence-corrected chi connectivity index (χ2v) is 20.0. The number of piperazine rings is 1. The first-order valence-corrected chi connectivity index (χ1v) is 23.9. The number of likely N-dealkylation sites (N-methyl/N-ethyl adjacent to an activating group) is 1. The number of piperidine rings is 1. The molecule has 4 fully saturated rings. The van der Waals surface area contributed by atoms with Gasteiger partial charge < -0.3 is 29.6 Å². The summed E-state index contributed by atoms with van der Waals surface area (Å²) in [6.45, 7) is 6.67. The predicted octanol–water partition coefficient (Wildman–Crippen LogP) is 7.29. The molecule has 16 nitrogen and oxygen atoms in total. The van der Waals surface area contributed by atoms with Gasteiger partial charge in [-0.2, -0.15) is 13.2 Å². The lowest BCUT2D eigenvalue weighted by atomic mass is 9.59. The molecule has 1 unspecified atom stereocenters. The zero-order valence-electron chi connectivity index (χ0n) is 36.4. The summed E-state index contributed by atoms with van der Waals surface area (Å²) in [4.78, 5) is 46.6. The maximum atomic E-state index is 14.0. The number of hydrogen-bond acceptors (Lipinski definition) is 14. The molecule has 1 amide bonds. The van der Waals surface area contributed by atoms with Crippen molar-refractivity contribution in [3.05, 3.63) is 94.9 Å². The van der Waals surface area contributed by atoms with E-state index in [1.807, 2.05) is 6.07 Å². The van der Waals surface area contributed by atoms with Crippen molar-refractivity contribution < 1.29 is 35.9 Å². The number of carbonyl (C=O) groups excluding carboxylic acids is 1. The molecular formula is C46H51F3N10O6S. The highest BCUT2D eigenvalue weighted by Crippen LogP contribution is 2.54. The maximum absolute atomic E-state index is 14.0. The van der Waals surface area contributed by atoms with E-state index in [0.29, 0.717) is 48.7 Å². The number of carbonyl (C=O) groups is 1. The van der Waals surface area contributed by atoms with Gasteiger partial charge in [-0.25, -0.2) is 23.1 Å². The molecule has 10 rings (SSSR count). The number of alkyl halides is 3. The number of rotatable bonds is 11. The van der Waals surface area contributed by atoms with Crippen LogP contribution in [0.4, 0.5) is 30.2 Å². The Balaban J connectivity index is 0.840. The number of fused-ring (bicyclic) bond motifs is 2. The van der Waals surface area contributed by atoms with Crippen LogP contribution in [0, 0.1) is 10.3 Å². The molecule has 2 atom stereocenters. The van der Waals surface area contributed by atoms with Crippen molar-refractivity contribution in [1.82, 2.24) is 34.4 Å². The van der Waals surface area contributed by atoms with Crippen LogP contribution in [0.5, 0.6) is 17.2 Å². The van der Waals surface area contributed by atoms with Gasteiger partial charge in [0, 0.05) is 81.6 Å². The Kier molecular flexibility index (Phi) is 11.6. The lowest BCUT2D eigenvalue weighted by Gasteiger charge is -2.56. The standard InChI is InChI=1S/C46H51F3N10O6S/c1-56-15-17-57(18-16-56)27-30-28-64-39-22-34(21-37(54-61)41(39)53-30)66(62,63)55-44(60)42-40(65-33-19-29-8-11-50-43(29)52-26-33)20-31(25-51-42)58-13-9-45(10-14-58)23-32(24-45)59-12-4-7-38(59)35-5-2-3-6-36(35)46(47,48)49/h2-3,5-6,8,11,19-22,25-26,30,32,38,53H,4,7,9-10,12-18,23-24,27-28H2,1H3,(H,50,52)(H,55,60)/t30-,38?/m0/s1. The number of sulfonamides is 1. The molecule has 4 aliphatic heterocycles. The third kappa shape index (κ3) is 8.78. The molecule has 0 radical (unpaired) electrons. The van der Waals surface area contributed by atoms with Gasteiger partial charge in [-0.3, -0.25) is 14.6 Å². The van der Waals surface area contributed by atoms with Crippen LogP contribution in [0.1, 0.15) is 66.2 Å². The second kappa shape index (κ2) is 17.4. The van der Waals surface area contributed by atoms with Crippen molar-refractivity contribution in [2.24, 2.45) is 10.6 Å². The average molecular weight is 929 g/mol. The number of amides is 1. The van der Waals surface area contributed by atoms with E-state index in [1.165, 1.54) is 30.6 Å². The summed E-state index contributed by atoms with van der Waals surface area (Å²) in [5.74, 6) is -0.643. The van der Waals surface area contributed by atoms with Gasteiger partial charge in [-0.15, -0.1) is 4.91 Å². The quantitative estimate of drug-likeness (QED) is 0.113. The first-order chi connectivity index (χ1) is 31.7. The normalized spacial score (nSPS) is 21.8. The molecule has 1 aliphatic carbocycles. The molecule has 5 aliphatic rings. The largest absolute Gasteiger partial charge is 0.489 e. The van der Waals surface area contributed by atoms with E-state index in [0.717, 1.165) is 76.3 Å². The van der Waals surface area contributed by atoms with Gasteiger partial charge in [0.25, 0.3) is 15.9 Å². The number of pyridine rings is 2. The van der Waals surface area contributed by atoms with Gasteiger partial charge in [0.2, 0.25) is 0 Å². The molecule has 3 N–H and O–H groups in total. The van der Waals surface area contributed by atoms with Crippen LogP contribution >= 0.6 is 0 Å². The second-order valence-electron chi connectivity index (χ2n) is 18.4. The number of anilines is 2. The van der Waals surface area contributed by atoms with Gasteiger partial charge in [-0.05, 0) is 92.5 Å². The van der Waals surface area contributed by atoms with Crippen molar-refractivity contribution in [1.29, 1.82) is 0 Å². The van der Waals surface area contributed by atoms with Crippen LogP contribution in [0.15, 0.2) is 83.3 Å². The Morgan fingerprint density at radius 2 is 1.79 bits per heavy atom. The minimum atomic E-state index is -4.60. The van der Waals surface area contributed by atoms with Crippen molar-refractivity contribution in [3.63, 3.8) is 0 Å². The first kappa shape index (κ1) is 44.0. The van der Waals surface area contributed by atoms with Crippen LogP contribution in [-0.2, 0) is 16.2 Å². The summed E-state index contributed by atoms with van der Waals surface area (Å²) in [6, 6.07) is 13.3. The molecular weight excluding hydrogens is 878 g/mol. The highest BCUT2D eigenvalue weighted by Gasteiger charge is 2.50. The summed E-state index contributed by atoms with van der Waals surface area (Å²) in [7, 11) is -2.52. The van der Waals surface area contributed by atoms with E-state index < -0.39 is 32.6 Å². The SMILES string of the molecule is CN1CCN(C[C@H]2COc3cc(S(=O)(=O)NC(=O)c4ncc(N5CCC6(CC5)CC(N5CCCC5c5ccccc5C(F)(F)F)C6)cc4Oc4cnc5[nH]ccc5c4)cc(N=O)c3N2)CC1. The zero-order chi connectivity index (χ0) is 45.8. The molecule has 1 spiro atoms. The first-order valence-electron chi connectivity index (χ1n) is 22.4. The Labute approximate surface area is 379 Å². The third-order valence-corrected chi connectivity index (χ3v) is 15.4. The Morgan fingerprint density at radius 3 is 2.56 bits per heavy atom. The maximum Gasteiger partial charge on any atom is 0.416 e. The highest BCUT2D eigenvalue weighted by atomic mass is 32.2. The molecule has 5 aromatic rings. The number of ether oxygens (including phenoxy) is 2. The third-order valence-electron chi connectivity index (χ3n) is 14.1. The van der Waals surface area contributed by atoms with Crippen LogP contribution in [-0.4, -0.2) is 122 Å². The summed E-state index contributed by atoms with van der Waals surface area (Å²) in [6.07, 6.45) is 5.44. The molecule has 20 heteroatoms. The van der Waals surface area contributed by atoms with Crippen molar-refractivity contribution >= 4 is 44.0 Å². The van der Waals surface area contributed by atoms with Crippen LogP contribution in [0.3, 0.4) is 0 Å². The van der Waals surface area contributed by atoms with E-state index in [2.05, 4.69) is 56.8 Å². The van der Waals surface area contributed by atoms with E-state index in [4.69, 9.17) is 9.47 Å². The van der Waals surface area contributed by atoms with Crippen molar-refractivity contribution in [3.8, 4) is 17.2 Å². The van der Waals surface area contributed by atoms with E-state index in [1.54, 1.807) is 30.5 Å². The Morgan fingerprint density at radius 1 is 1.00 bits per heavy atom. The molecule has 3 aromatic heterocycles. The highest BCUT2D eigenvalue weighted by molar-refractivity contribution is 7.90. The fourth-order valence-corrected chi connectivity index (χ4v) is 11.5. The molecule has 66 heavy (non-hydrogen) atoms. The number of benzene rings is 2. The van der Waals surface area contributed by atoms with Crippen LogP contribution in [0.25, 0.3) is 11.0 Å². The number of H-pyrrole nitrogens is 1. The van der Waals surface area contributed by atoms with Crippen molar-refractivity contribution in [2.75, 3.05) is 76.2 Å². The van der Waals surface area contributed by atoms with Gasteiger partial charge in [0.15, 0.2) is 11.4 Å². The number of hydrogen-bond donors (Lipinski definition) is 3. The topological polar surface area (TPSA) is 178 Å². The van der Waals surface area contributed by atoms with Gasteiger partial charge in [0.05, 0.1) is 34.6 Å². The zero-order valence-corrected chi connectivity index (χ0v) is 37.2. The molecule has 7 heterocycles. The van der Waals surface area contributed by atoms with E-state index >= 15 is 0 Å².